The highest BCUT2D eigenvalue weighted by Gasteiger charge is 2.24. The van der Waals surface area contributed by atoms with Gasteiger partial charge < -0.3 is 4.74 Å². The largest absolute Gasteiger partial charge is 0.488 e. The molecule has 1 fully saturated rings. The molecule has 0 aromatic carbocycles. The molecule has 0 aliphatic heterocycles. The quantitative estimate of drug-likeness (QED) is 0.751. The molecule has 0 radical (unpaired) electrons. The molecule has 1 aliphatic carbocycles. The summed E-state index contributed by atoms with van der Waals surface area (Å²) in [5, 5.41) is 0.605. The summed E-state index contributed by atoms with van der Waals surface area (Å²) < 4.78 is 6.26. The average molecular weight is 249 g/mol. The van der Waals surface area contributed by atoms with E-state index in [1.54, 1.807) is 12.3 Å². The average Bonchev–Trinajstić information content (AvgIpc) is 2.81. The molecule has 0 N–H and O–H groups in total. The third-order valence-corrected chi connectivity index (χ3v) is 2.39. The molecule has 64 valence electrons. The second-order valence-electron chi connectivity index (χ2n) is 2.76. The summed E-state index contributed by atoms with van der Waals surface area (Å²) in [4.78, 5) is 4.02. The Kier molecular flexibility index (Phi) is 2.24. The van der Waals surface area contributed by atoms with Crippen molar-refractivity contribution in [1.82, 2.24) is 4.98 Å². The summed E-state index contributed by atoms with van der Waals surface area (Å²) in [7, 11) is 0. The zero-order valence-electron chi connectivity index (χ0n) is 6.26. The highest BCUT2D eigenvalue weighted by molar-refractivity contribution is 9.10. The van der Waals surface area contributed by atoms with Gasteiger partial charge in [-0.1, -0.05) is 11.6 Å². The van der Waals surface area contributed by atoms with Crippen LogP contribution < -0.4 is 4.74 Å². The number of aromatic nitrogens is 1. The fourth-order valence-electron chi connectivity index (χ4n) is 0.852. The summed E-state index contributed by atoms with van der Waals surface area (Å²) in [5.74, 6) is 0.741. The van der Waals surface area contributed by atoms with Crippen LogP contribution in [-0.2, 0) is 0 Å². The van der Waals surface area contributed by atoms with Crippen LogP contribution in [0.3, 0.4) is 0 Å². The molecule has 4 heteroatoms. The lowest BCUT2D eigenvalue weighted by molar-refractivity contribution is 0.300. The minimum absolute atomic E-state index is 0.376. The van der Waals surface area contributed by atoms with Gasteiger partial charge in [-0.3, -0.25) is 0 Å². The Morgan fingerprint density at radius 2 is 2.33 bits per heavy atom. The van der Waals surface area contributed by atoms with Crippen LogP contribution in [0.25, 0.3) is 0 Å². The van der Waals surface area contributed by atoms with Gasteiger partial charge in [-0.25, -0.2) is 4.98 Å². The molecule has 0 spiro atoms. The molecule has 1 heterocycles. The van der Waals surface area contributed by atoms with Gasteiger partial charge in [-0.2, -0.15) is 0 Å². The Labute approximate surface area is 84.0 Å². The maximum atomic E-state index is 5.76. The Morgan fingerprint density at radius 1 is 1.58 bits per heavy atom. The van der Waals surface area contributed by atoms with Crippen LogP contribution in [0.15, 0.2) is 16.9 Å². The first-order valence-corrected chi connectivity index (χ1v) is 4.90. The topological polar surface area (TPSA) is 22.1 Å². The van der Waals surface area contributed by atoms with Crippen molar-refractivity contribution < 1.29 is 4.74 Å². The van der Waals surface area contributed by atoms with Crippen LogP contribution in [0.4, 0.5) is 0 Å². The van der Waals surface area contributed by atoms with Crippen molar-refractivity contribution in [2.75, 3.05) is 0 Å². The molecule has 12 heavy (non-hydrogen) atoms. The van der Waals surface area contributed by atoms with E-state index in [1.807, 2.05) is 0 Å². The van der Waals surface area contributed by atoms with E-state index >= 15 is 0 Å². The Morgan fingerprint density at radius 3 is 3.00 bits per heavy atom. The van der Waals surface area contributed by atoms with Gasteiger partial charge in [0.25, 0.3) is 0 Å². The number of nitrogens with zero attached hydrogens (tertiary/aromatic N) is 1. The van der Waals surface area contributed by atoms with Gasteiger partial charge >= 0.3 is 0 Å². The molecule has 0 atom stereocenters. The lowest BCUT2D eigenvalue weighted by atomic mass is 10.4. The standard InChI is InChI=1S/C8H7BrClNO/c9-8-7(12-6-1-2-6)3-5(10)4-11-8/h3-4,6H,1-2H2. The lowest BCUT2D eigenvalue weighted by Gasteiger charge is -2.05. The van der Waals surface area contributed by atoms with Crippen LogP contribution in [0, 0.1) is 0 Å². The number of rotatable bonds is 2. The predicted octanol–water partition coefficient (Wildman–Crippen LogP) is 3.04. The maximum absolute atomic E-state index is 5.76. The molecule has 1 saturated carbocycles. The van der Waals surface area contributed by atoms with E-state index < -0.39 is 0 Å². The summed E-state index contributed by atoms with van der Waals surface area (Å²) in [6.45, 7) is 0. The highest BCUT2D eigenvalue weighted by Crippen LogP contribution is 2.32. The van der Waals surface area contributed by atoms with Gasteiger partial charge in [0.1, 0.15) is 4.60 Å². The van der Waals surface area contributed by atoms with Crippen molar-refractivity contribution in [2.24, 2.45) is 0 Å². The maximum Gasteiger partial charge on any atom is 0.153 e. The predicted molar refractivity (Wildman–Crippen MR) is 50.6 cm³/mol. The minimum atomic E-state index is 0.376. The Balaban J connectivity index is 2.21. The molecule has 1 aromatic rings. The van der Waals surface area contributed by atoms with Crippen molar-refractivity contribution in [1.29, 1.82) is 0 Å². The molecular formula is C8H7BrClNO. The number of pyridine rings is 1. The molecule has 0 unspecified atom stereocenters. The number of hydrogen-bond acceptors (Lipinski definition) is 2. The van der Waals surface area contributed by atoms with Crippen LogP contribution in [0.1, 0.15) is 12.8 Å². The molecule has 0 bridgehead atoms. The van der Waals surface area contributed by atoms with Crippen molar-refractivity contribution in [3.8, 4) is 5.75 Å². The third kappa shape index (κ3) is 1.90. The molecule has 1 aromatic heterocycles. The Hall–Kier alpha value is -0.280. The third-order valence-electron chi connectivity index (χ3n) is 1.59. The van der Waals surface area contributed by atoms with Gasteiger partial charge in [-0.15, -0.1) is 0 Å². The number of halogens is 2. The van der Waals surface area contributed by atoms with E-state index in [1.165, 1.54) is 0 Å². The monoisotopic (exact) mass is 247 g/mol. The number of ether oxygens (including phenoxy) is 1. The van der Waals surface area contributed by atoms with E-state index in [0.29, 0.717) is 11.1 Å². The Bertz CT molecular complexity index is 301. The van der Waals surface area contributed by atoms with Gasteiger partial charge in [0.15, 0.2) is 5.75 Å². The molecule has 1 aliphatic rings. The number of hydrogen-bond donors (Lipinski definition) is 0. The molecule has 2 nitrogen and oxygen atoms in total. The fraction of sp³-hybridized carbons (Fsp3) is 0.375. The highest BCUT2D eigenvalue weighted by atomic mass is 79.9. The van der Waals surface area contributed by atoms with Crippen molar-refractivity contribution >= 4 is 27.5 Å². The van der Waals surface area contributed by atoms with E-state index in [-0.39, 0.29) is 0 Å². The van der Waals surface area contributed by atoms with E-state index in [9.17, 15) is 0 Å². The summed E-state index contributed by atoms with van der Waals surface area (Å²) in [6.07, 6.45) is 4.24. The van der Waals surface area contributed by atoms with Crippen LogP contribution in [0.2, 0.25) is 5.02 Å². The van der Waals surface area contributed by atoms with Gasteiger partial charge in [0, 0.05) is 12.3 Å². The first-order chi connectivity index (χ1) is 5.75. The van der Waals surface area contributed by atoms with Crippen LogP contribution in [-0.4, -0.2) is 11.1 Å². The zero-order chi connectivity index (χ0) is 8.55. The summed E-state index contributed by atoms with van der Waals surface area (Å²) in [5.41, 5.74) is 0. The van der Waals surface area contributed by atoms with Crippen LogP contribution >= 0.6 is 27.5 Å². The van der Waals surface area contributed by atoms with Crippen molar-refractivity contribution in [2.45, 2.75) is 18.9 Å². The molecular weight excluding hydrogens is 241 g/mol. The van der Waals surface area contributed by atoms with Crippen molar-refractivity contribution in [3.63, 3.8) is 0 Å². The fourth-order valence-corrected chi connectivity index (χ4v) is 1.31. The SMILES string of the molecule is Clc1cnc(Br)c(OC2CC2)c1. The first kappa shape index (κ1) is 8.32. The molecule has 0 amide bonds. The molecule has 2 rings (SSSR count). The first-order valence-electron chi connectivity index (χ1n) is 3.73. The van der Waals surface area contributed by atoms with Gasteiger partial charge in [0.2, 0.25) is 0 Å². The lowest BCUT2D eigenvalue weighted by Crippen LogP contribution is -1.97. The second kappa shape index (κ2) is 3.23. The normalized spacial score (nSPS) is 16.2. The van der Waals surface area contributed by atoms with Gasteiger partial charge in [-0.05, 0) is 28.8 Å². The summed E-state index contributed by atoms with van der Waals surface area (Å²) >= 11 is 9.05. The molecule has 0 saturated heterocycles. The van der Waals surface area contributed by atoms with Gasteiger partial charge in [0.05, 0.1) is 11.1 Å². The second-order valence-corrected chi connectivity index (χ2v) is 3.95. The van der Waals surface area contributed by atoms with E-state index in [4.69, 9.17) is 16.3 Å². The van der Waals surface area contributed by atoms with Crippen molar-refractivity contribution in [3.05, 3.63) is 21.9 Å². The van der Waals surface area contributed by atoms with E-state index in [0.717, 1.165) is 23.2 Å². The van der Waals surface area contributed by atoms with Crippen LogP contribution in [0.5, 0.6) is 5.75 Å². The smallest absolute Gasteiger partial charge is 0.153 e. The van der Waals surface area contributed by atoms with E-state index in [2.05, 4.69) is 20.9 Å². The minimum Gasteiger partial charge on any atom is -0.488 e. The summed E-state index contributed by atoms with van der Waals surface area (Å²) in [6, 6.07) is 1.77. The zero-order valence-corrected chi connectivity index (χ0v) is 8.60.